The minimum absolute atomic E-state index is 0.226. The molecule has 0 unspecified atom stereocenters. The average molecular weight is 545 g/mol. The molecule has 42 heavy (non-hydrogen) atoms. The van der Waals surface area contributed by atoms with Crippen LogP contribution in [0.25, 0.3) is 45.3 Å². The number of aromatic nitrogens is 3. The molecule has 0 saturated heterocycles. The SMILES string of the molecule is N#Cc1ccc(-c2cc(-c3nc(-c4ccccc4)nc(-c4ccccc4)n3)cc(C34C[C@H]5C[C@H](C3)C[C@@H](C4)C5)c2)cc1. The van der Waals surface area contributed by atoms with Gasteiger partial charge >= 0.3 is 0 Å². The van der Waals surface area contributed by atoms with Crippen LogP contribution in [-0.2, 0) is 5.41 Å². The van der Waals surface area contributed by atoms with Crippen molar-refractivity contribution in [3.05, 3.63) is 114 Å². The highest BCUT2D eigenvalue weighted by atomic mass is 15.0. The molecule has 4 aliphatic carbocycles. The average Bonchev–Trinajstić information content (AvgIpc) is 3.04. The smallest absolute Gasteiger partial charge is 0.164 e. The molecule has 5 aromatic rings. The van der Waals surface area contributed by atoms with Crippen LogP contribution in [0.3, 0.4) is 0 Å². The van der Waals surface area contributed by atoms with Gasteiger partial charge in [0.05, 0.1) is 11.6 Å². The van der Waals surface area contributed by atoms with Crippen LogP contribution in [-0.4, -0.2) is 15.0 Å². The van der Waals surface area contributed by atoms with Gasteiger partial charge in [-0.3, -0.25) is 0 Å². The summed E-state index contributed by atoms with van der Waals surface area (Å²) in [6, 6.07) is 37.6. The van der Waals surface area contributed by atoms with Gasteiger partial charge in [-0.1, -0.05) is 78.9 Å². The van der Waals surface area contributed by atoms with Gasteiger partial charge in [0, 0.05) is 16.7 Å². The Morgan fingerprint density at radius 3 is 1.50 bits per heavy atom. The lowest BCUT2D eigenvalue weighted by atomic mass is 9.48. The first kappa shape index (κ1) is 25.1. The molecule has 204 valence electrons. The zero-order valence-electron chi connectivity index (χ0n) is 23.6. The molecule has 4 aliphatic rings. The molecule has 0 aliphatic heterocycles. The van der Waals surface area contributed by atoms with Crippen molar-refractivity contribution in [2.24, 2.45) is 17.8 Å². The van der Waals surface area contributed by atoms with Crippen LogP contribution >= 0.6 is 0 Å². The zero-order valence-corrected chi connectivity index (χ0v) is 23.6. The van der Waals surface area contributed by atoms with Crippen molar-refractivity contribution < 1.29 is 0 Å². The van der Waals surface area contributed by atoms with E-state index in [1.54, 1.807) is 0 Å². The summed E-state index contributed by atoms with van der Waals surface area (Å²) in [7, 11) is 0. The van der Waals surface area contributed by atoms with Gasteiger partial charge in [-0.05, 0) is 103 Å². The molecule has 4 heteroatoms. The Kier molecular flexibility index (Phi) is 6.00. The highest BCUT2D eigenvalue weighted by Gasteiger charge is 2.51. The third-order valence-corrected chi connectivity index (χ3v) is 9.89. The fourth-order valence-corrected chi connectivity index (χ4v) is 8.37. The van der Waals surface area contributed by atoms with Crippen molar-refractivity contribution >= 4 is 0 Å². The van der Waals surface area contributed by atoms with Crippen molar-refractivity contribution in [3.8, 4) is 51.4 Å². The topological polar surface area (TPSA) is 62.5 Å². The summed E-state index contributed by atoms with van der Waals surface area (Å²) in [6.45, 7) is 0. The maximum Gasteiger partial charge on any atom is 0.164 e. The van der Waals surface area contributed by atoms with Crippen LogP contribution in [0.4, 0.5) is 0 Å². The summed E-state index contributed by atoms with van der Waals surface area (Å²) in [5, 5.41) is 9.40. The molecule has 4 fully saturated rings. The monoisotopic (exact) mass is 544 g/mol. The normalized spacial score (nSPS) is 23.9. The van der Waals surface area contributed by atoms with Crippen LogP contribution in [0.5, 0.6) is 0 Å². The van der Waals surface area contributed by atoms with Crippen molar-refractivity contribution in [2.45, 2.75) is 43.9 Å². The number of nitrogens with zero attached hydrogens (tertiary/aromatic N) is 4. The molecule has 0 N–H and O–H groups in total. The minimum Gasteiger partial charge on any atom is -0.208 e. The van der Waals surface area contributed by atoms with Gasteiger partial charge in [-0.15, -0.1) is 0 Å². The first-order valence-corrected chi connectivity index (χ1v) is 15.2. The molecular weight excluding hydrogens is 512 g/mol. The van der Waals surface area contributed by atoms with Gasteiger partial charge in [0.25, 0.3) is 0 Å². The Bertz CT molecular complexity index is 1710. The molecule has 4 saturated carbocycles. The Hall–Kier alpha value is -4.62. The van der Waals surface area contributed by atoms with E-state index in [1.807, 2.05) is 48.5 Å². The van der Waals surface area contributed by atoms with Crippen LogP contribution in [0, 0.1) is 29.1 Å². The fraction of sp³-hybridized carbons (Fsp3) is 0.263. The van der Waals surface area contributed by atoms with E-state index in [9.17, 15) is 5.26 Å². The van der Waals surface area contributed by atoms with Crippen LogP contribution in [0.1, 0.15) is 49.7 Å². The minimum atomic E-state index is 0.226. The third kappa shape index (κ3) is 4.50. The van der Waals surface area contributed by atoms with Crippen LogP contribution < -0.4 is 0 Å². The second-order valence-electron chi connectivity index (χ2n) is 12.7. The molecule has 0 amide bonds. The molecule has 4 bridgehead atoms. The van der Waals surface area contributed by atoms with Crippen LogP contribution in [0.2, 0.25) is 0 Å². The summed E-state index contributed by atoms with van der Waals surface area (Å²) in [5.74, 6) is 4.61. The van der Waals surface area contributed by atoms with E-state index in [4.69, 9.17) is 15.0 Å². The Morgan fingerprint density at radius 2 is 1.00 bits per heavy atom. The molecule has 4 aromatic carbocycles. The second-order valence-corrected chi connectivity index (χ2v) is 12.7. The van der Waals surface area contributed by atoms with Crippen molar-refractivity contribution in [2.75, 3.05) is 0 Å². The van der Waals surface area contributed by atoms with Crippen LogP contribution in [0.15, 0.2) is 103 Å². The molecule has 0 spiro atoms. The lowest BCUT2D eigenvalue weighted by Gasteiger charge is -2.57. The van der Waals surface area contributed by atoms with E-state index in [0.29, 0.717) is 23.0 Å². The van der Waals surface area contributed by atoms with E-state index in [-0.39, 0.29) is 5.41 Å². The number of hydrogen-bond donors (Lipinski definition) is 0. The van der Waals surface area contributed by atoms with Gasteiger partial charge in [-0.2, -0.15) is 5.26 Å². The highest BCUT2D eigenvalue weighted by molar-refractivity contribution is 5.74. The highest BCUT2D eigenvalue weighted by Crippen LogP contribution is 2.61. The lowest BCUT2D eigenvalue weighted by molar-refractivity contribution is -0.00515. The number of rotatable bonds is 5. The molecule has 4 nitrogen and oxygen atoms in total. The van der Waals surface area contributed by atoms with Gasteiger partial charge < -0.3 is 0 Å². The fourth-order valence-electron chi connectivity index (χ4n) is 8.37. The summed E-state index contributed by atoms with van der Waals surface area (Å²) in [6.07, 6.45) is 8.10. The summed E-state index contributed by atoms with van der Waals surface area (Å²) in [4.78, 5) is 15.1. The van der Waals surface area contributed by atoms with Gasteiger partial charge in [0.1, 0.15) is 0 Å². The molecular formula is C38H32N4. The first-order chi connectivity index (χ1) is 20.6. The predicted molar refractivity (Wildman–Crippen MR) is 166 cm³/mol. The van der Waals surface area contributed by atoms with Gasteiger partial charge in [0.15, 0.2) is 17.5 Å². The maximum atomic E-state index is 9.40. The summed E-state index contributed by atoms with van der Waals surface area (Å²) < 4.78 is 0. The standard InChI is InChI=1S/C38H32N4/c39-24-25-11-13-29(14-12-25)32-18-33(20-34(19-32)38-21-26-15-27(22-38)17-28(16-26)23-38)37-41-35(30-7-3-1-4-8-30)40-36(42-37)31-9-5-2-6-10-31/h1-14,18-20,26-28H,15-17,21-23H2/t26-,27-,28-,38?. The lowest BCUT2D eigenvalue weighted by Crippen LogP contribution is -2.48. The van der Waals surface area contributed by atoms with E-state index < -0.39 is 0 Å². The van der Waals surface area contributed by atoms with Crippen molar-refractivity contribution in [1.29, 1.82) is 5.26 Å². The van der Waals surface area contributed by atoms with Crippen molar-refractivity contribution in [3.63, 3.8) is 0 Å². The number of benzene rings is 4. The second kappa shape index (κ2) is 10.0. The number of nitriles is 1. The largest absolute Gasteiger partial charge is 0.208 e. The quantitative estimate of drug-likeness (QED) is 0.222. The predicted octanol–water partition coefficient (Wildman–Crippen LogP) is 8.88. The first-order valence-electron chi connectivity index (χ1n) is 15.2. The Balaban J connectivity index is 1.32. The molecule has 9 rings (SSSR count). The van der Waals surface area contributed by atoms with Gasteiger partial charge in [0.2, 0.25) is 0 Å². The Labute approximate surface area is 247 Å². The molecule has 0 radical (unpaired) electrons. The maximum absolute atomic E-state index is 9.40. The molecule has 1 heterocycles. The third-order valence-electron chi connectivity index (χ3n) is 9.89. The van der Waals surface area contributed by atoms with Crippen molar-refractivity contribution in [1.82, 2.24) is 15.0 Å². The van der Waals surface area contributed by atoms with E-state index in [0.717, 1.165) is 45.6 Å². The number of hydrogen-bond acceptors (Lipinski definition) is 4. The van der Waals surface area contributed by atoms with E-state index in [1.165, 1.54) is 44.1 Å². The van der Waals surface area contributed by atoms with Gasteiger partial charge in [-0.25, -0.2) is 15.0 Å². The Morgan fingerprint density at radius 1 is 0.524 bits per heavy atom. The molecule has 1 aromatic heterocycles. The van der Waals surface area contributed by atoms with E-state index in [2.05, 4.69) is 60.7 Å². The zero-order chi connectivity index (χ0) is 28.1. The molecule has 0 atom stereocenters. The summed E-state index contributed by atoms with van der Waals surface area (Å²) >= 11 is 0. The summed E-state index contributed by atoms with van der Waals surface area (Å²) in [5.41, 5.74) is 7.58. The van der Waals surface area contributed by atoms with E-state index >= 15 is 0 Å².